The van der Waals surface area contributed by atoms with Gasteiger partial charge in [0.05, 0.1) is 21.9 Å². The Balaban J connectivity index is 2.89. The zero-order valence-electron chi connectivity index (χ0n) is 7.50. The zero-order chi connectivity index (χ0) is 9.42. The van der Waals surface area contributed by atoms with Crippen LogP contribution in [0.2, 0.25) is 5.02 Å². The molecule has 2 heterocycles. The average molecular weight is 193 g/mol. The van der Waals surface area contributed by atoms with Gasteiger partial charge in [0.1, 0.15) is 0 Å². The molecule has 0 aliphatic carbocycles. The van der Waals surface area contributed by atoms with Crippen LogP contribution >= 0.6 is 11.6 Å². The number of hydrogen-bond acceptors (Lipinski definition) is 2. The summed E-state index contributed by atoms with van der Waals surface area (Å²) < 4.78 is 0. The van der Waals surface area contributed by atoms with Crippen molar-refractivity contribution in [3.05, 3.63) is 34.7 Å². The Labute approximate surface area is 81.6 Å². The van der Waals surface area contributed by atoms with Crippen molar-refractivity contribution in [2.45, 2.75) is 13.8 Å². The smallest absolute Gasteiger partial charge is 0.0918 e. The van der Waals surface area contributed by atoms with E-state index in [1.54, 1.807) is 6.20 Å². The molecule has 0 saturated heterocycles. The molecule has 0 amide bonds. The van der Waals surface area contributed by atoms with Crippen molar-refractivity contribution in [2.24, 2.45) is 0 Å². The molecule has 0 fully saturated rings. The molecule has 13 heavy (non-hydrogen) atoms. The van der Waals surface area contributed by atoms with Gasteiger partial charge in [-0.05, 0) is 26.0 Å². The first-order chi connectivity index (χ1) is 6.18. The number of fused-ring (bicyclic) bond motifs is 1. The van der Waals surface area contributed by atoms with Crippen LogP contribution in [0, 0.1) is 13.8 Å². The van der Waals surface area contributed by atoms with E-state index in [1.807, 2.05) is 26.0 Å². The molecule has 3 heteroatoms. The molecule has 2 aromatic rings. The fourth-order valence-corrected chi connectivity index (χ4v) is 1.46. The average Bonchev–Trinajstić information content (AvgIpc) is 2.09. The highest BCUT2D eigenvalue weighted by Gasteiger charge is 2.02. The second-order valence-electron chi connectivity index (χ2n) is 3.02. The van der Waals surface area contributed by atoms with Gasteiger partial charge < -0.3 is 0 Å². The summed E-state index contributed by atoms with van der Waals surface area (Å²) in [5.74, 6) is 0. The summed E-state index contributed by atoms with van der Waals surface area (Å²) in [5, 5.41) is 1.75. The zero-order valence-corrected chi connectivity index (χ0v) is 8.26. The molecule has 0 unspecified atom stereocenters. The Morgan fingerprint density at radius 1 is 1.23 bits per heavy atom. The molecule has 0 atom stereocenters. The minimum absolute atomic E-state index is 0.707. The summed E-state index contributed by atoms with van der Waals surface area (Å²) in [4.78, 5) is 8.55. The van der Waals surface area contributed by atoms with Crippen LogP contribution in [0.4, 0.5) is 0 Å². The maximum Gasteiger partial charge on any atom is 0.0918 e. The van der Waals surface area contributed by atoms with E-state index in [0.29, 0.717) is 5.02 Å². The number of aryl methyl sites for hydroxylation is 2. The highest BCUT2D eigenvalue weighted by atomic mass is 35.5. The molecule has 2 rings (SSSR count). The molecule has 66 valence electrons. The van der Waals surface area contributed by atoms with Gasteiger partial charge in [0.25, 0.3) is 0 Å². The number of pyridine rings is 2. The lowest BCUT2D eigenvalue weighted by Gasteiger charge is -2.02. The van der Waals surface area contributed by atoms with Crippen molar-refractivity contribution in [2.75, 3.05) is 0 Å². The molecule has 2 aromatic heterocycles. The summed E-state index contributed by atoms with van der Waals surface area (Å²) >= 11 is 5.96. The van der Waals surface area contributed by atoms with Crippen molar-refractivity contribution in [3.63, 3.8) is 0 Å². The predicted octanol–water partition coefficient (Wildman–Crippen LogP) is 2.90. The minimum atomic E-state index is 0.707. The SMILES string of the molecule is Cc1nc2c(C)nccc2cc1Cl. The molecule has 0 aromatic carbocycles. The third kappa shape index (κ3) is 1.38. The summed E-state index contributed by atoms with van der Waals surface area (Å²) in [5.41, 5.74) is 2.73. The van der Waals surface area contributed by atoms with Crippen LogP contribution in [-0.4, -0.2) is 9.97 Å². The van der Waals surface area contributed by atoms with E-state index in [0.717, 1.165) is 22.3 Å². The Morgan fingerprint density at radius 3 is 2.77 bits per heavy atom. The Bertz CT molecular complexity index is 466. The van der Waals surface area contributed by atoms with Gasteiger partial charge in [0, 0.05) is 11.6 Å². The van der Waals surface area contributed by atoms with Gasteiger partial charge in [-0.3, -0.25) is 4.98 Å². The van der Waals surface area contributed by atoms with Crippen molar-refractivity contribution >= 4 is 22.5 Å². The molecular weight excluding hydrogens is 184 g/mol. The second kappa shape index (κ2) is 2.96. The summed E-state index contributed by atoms with van der Waals surface area (Å²) in [7, 11) is 0. The Morgan fingerprint density at radius 2 is 2.00 bits per heavy atom. The second-order valence-corrected chi connectivity index (χ2v) is 3.43. The van der Waals surface area contributed by atoms with Crippen molar-refractivity contribution in [1.82, 2.24) is 9.97 Å². The number of halogens is 1. The molecule has 0 bridgehead atoms. The highest BCUT2D eigenvalue weighted by Crippen LogP contribution is 2.21. The Hall–Kier alpha value is -1.15. The normalized spacial score (nSPS) is 10.7. The fourth-order valence-electron chi connectivity index (χ4n) is 1.30. The summed E-state index contributed by atoms with van der Waals surface area (Å²) in [6.07, 6.45) is 1.77. The van der Waals surface area contributed by atoms with Gasteiger partial charge in [-0.1, -0.05) is 11.6 Å². The van der Waals surface area contributed by atoms with Crippen LogP contribution in [0.1, 0.15) is 11.4 Å². The maximum absolute atomic E-state index is 5.96. The Kier molecular flexibility index (Phi) is 1.93. The molecule has 0 aliphatic rings. The standard InChI is InChI=1S/C10H9ClN2/c1-6-9(11)5-8-3-4-12-7(2)10(8)13-6/h3-5H,1-2H3. The molecule has 0 spiro atoms. The molecule has 2 nitrogen and oxygen atoms in total. The van der Waals surface area contributed by atoms with Gasteiger partial charge in [0.15, 0.2) is 0 Å². The first-order valence-corrected chi connectivity index (χ1v) is 4.45. The van der Waals surface area contributed by atoms with Crippen LogP contribution in [0.25, 0.3) is 10.9 Å². The highest BCUT2D eigenvalue weighted by molar-refractivity contribution is 6.31. The molecule has 0 saturated carbocycles. The fraction of sp³-hybridized carbons (Fsp3) is 0.200. The van der Waals surface area contributed by atoms with Crippen LogP contribution in [0.5, 0.6) is 0 Å². The van der Waals surface area contributed by atoms with E-state index in [4.69, 9.17) is 11.6 Å². The predicted molar refractivity (Wildman–Crippen MR) is 54.0 cm³/mol. The van der Waals surface area contributed by atoms with Crippen LogP contribution < -0.4 is 0 Å². The van der Waals surface area contributed by atoms with Gasteiger partial charge in [-0.15, -0.1) is 0 Å². The van der Waals surface area contributed by atoms with Gasteiger partial charge in [-0.25, -0.2) is 4.98 Å². The lowest BCUT2D eigenvalue weighted by atomic mass is 10.2. The van der Waals surface area contributed by atoms with Crippen molar-refractivity contribution < 1.29 is 0 Å². The third-order valence-electron chi connectivity index (χ3n) is 2.05. The first-order valence-electron chi connectivity index (χ1n) is 4.07. The molecule has 0 N–H and O–H groups in total. The summed E-state index contributed by atoms with van der Waals surface area (Å²) in [6, 6.07) is 3.84. The van der Waals surface area contributed by atoms with Crippen LogP contribution in [-0.2, 0) is 0 Å². The minimum Gasteiger partial charge on any atom is -0.259 e. The van der Waals surface area contributed by atoms with Crippen molar-refractivity contribution in [1.29, 1.82) is 0 Å². The monoisotopic (exact) mass is 192 g/mol. The molecule has 0 radical (unpaired) electrons. The maximum atomic E-state index is 5.96. The first kappa shape index (κ1) is 8.45. The summed E-state index contributed by atoms with van der Waals surface area (Å²) in [6.45, 7) is 3.84. The van der Waals surface area contributed by atoms with Crippen LogP contribution in [0.15, 0.2) is 18.3 Å². The van der Waals surface area contributed by atoms with E-state index in [2.05, 4.69) is 9.97 Å². The third-order valence-corrected chi connectivity index (χ3v) is 2.43. The van der Waals surface area contributed by atoms with E-state index in [-0.39, 0.29) is 0 Å². The van der Waals surface area contributed by atoms with Gasteiger partial charge in [0.2, 0.25) is 0 Å². The quantitative estimate of drug-likeness (QED) is 0.642. The van der Waals surface area contributed by atoms with Gasteiger partial charge in [-0.2, -0.15) is 0 Å². The van der Waals surface area contributed by atoms with E-state index in [9.17, 15) is 0 Å². The van der Waals surface area contributed by atoms with Crippen LogP contribution in [0.3, 0.4) is 0 Å². The number of nitrogens with zero attached hydrogens (tertiary/aromatic N) is 2. The lowest BCUT2D eigenvalue weighted by Crippen LogP contribution is -1.90. The topological polar surface area (TPSA) is 25.8 Å². The van der Waals surface area contributed by atoms with Crippen molar-refractivity contribution in [3.8, 4) is 0 Å². The van der Waals surface area contributed by atoms with E-state index < -0.39 is 0 Å². The molecule has 0 aliphatic heterocycles. The largest absolute Gasteiger partial charge is 0.259 e. The lowest BCUT2D eigenvalue weighted by molar-refractivity contribution is 1.17. The number of rotatable bonds is 0. The van der Waals surface area contributed by atoms with E-state index in [1.165, 1.54) is 0 Å². The van der Waals surface area contributed by atoms with Gasteiger partial charge >= 0.3 is 0 Å². The van der Waals surface area contributed by atoms with E-state index >= 15 is 0 Å². The number of hydrogen-bond donors (Lipinski definition) is 0. The number of aromatic nitrogens is 2. The molecular formula is C10H9ClN2.